The molecule has 0 spiro atoms. The number of Topliss-reactive ketones (excluding diaryl/α,β-unsaturated/α-hetero) is 1. The third kappa shape index (κ3) is 4.22. The van der Waals surface area contributed by atoms with Gasteiger partial charge in [0.1, 0.15) is 5.56 Å². The van der Waals surface area contributed by atoms with Gasteiger partial charge in [-0.2, -0.15) is 0 Å². The number of rotatable bonds is 4. The number of aromatic nitrogens is 2. The summed E-state index contributed by atoms with van der Waals surface area (Å²) in [6.07, 6.45) is 3.23. The van der Waals surface area contributed by atoms with E-state index in [-0.39, 0.29) is 16.8 Å². The van der Waals surface area contributed by atoms with Crippen LogP contribution in [-0.2, 0) is 12.8 Å². The Morgan fingerprint density at radius 1 is 1.27 bits per heavy atom. The molecule has 1 aromatic carbocycles. The Hall–Kier alpha value is -2.77. The highest BCUT2D eigenvalue weighted by molar-refractivity contribution is 7.15. The Labute approximate surface area is 182 Å². The lowest BCUT2D eigenvalue weighted by molar-refractivity contribution is 0.0910. The van der Waals surface area contributed by atoms with Gasteiger partial charge in [-0.15, -0.1) is 11.3 Å². The number of aromatic amines is 1. The molecule has 0 saturated heterocycles. The Morgan fingerprint density at radius 3 is 2.80 bits per heavy atom. The van der Waals surface area contributed by atoms with Crippen molar-refractivity contribution in [3.63, 3.8) is 0 Å². The number of nitrogens with one attached hydrogen (secondary N) is 2. The number of carbonyl (C=O) groups excluding carboxylic acids is 2. The zero-order chi connectivity index (χ0) is 21.5. The van der Waals surface area contributed by atoms with Crippen LogP contribution in [0.4, 0.5) is 5.13 Å². The maximum Gasteiger partial charge on any atom is 0.263 e. The zero-order valence-electron chi connectivity index (χ0n) is 16.5. The van der Waals surface area contributed by atoms with Crippen molar-refractivity contribution >= 4 is 39.8 Å². The van der Waals surface area contributed by atoms with Gasteiger partial charge in [0.25, 0.3) is 11.5 Å². The first-order valence-corrected chi connectivity index (χ1v) is 10.7. The molecule has 2 aromatic heterocycles. The molecule has 4 rings (SSSR count). The minimum Gasteiger partial charge on any atom is -0.325 e. The molecule has 0 atom stereocenters. The molecule has 1 aliphatic rings. The van der Waals surface area contributed by atoms with Crippen LogP contribution in [-0.4, -0.2) is 21.7 Å². The molecule has 2 heterocycles. The number of halogens is 1. The van der Waals surface area contributed by atoms with E-state index in [1.165, 1.54) is 17.4 Å². The summed E-state index contributed by atoms with van der Waals surface area (Å²) in [7, 11) is 0. The number of carbonyl (C=O) groups is 2. The van der Waals surface area contributed by atoms with Gasteiger partial charge in [-0.3, -0.25) is 19.7 Å². The average Bonchev–Trinajstić information content (AvgIpc) is 3.09. The number of hydrogen-bond donors (Lipinski definition) is 2. The number of hydrogen-bond acceptors (Lipinski definition) is 5. The quantitative estimate of drug-likeness (QED) is 0.624. The van der Waals surface area contributed by atoms with E-state index in [0.29, 0.717) is 40.7 Å². The second-order valence-electron chi connectivity index (χ2n) is 8.20. The standard InChI is InChI=1S/C22H20ClN3O3S/c1-22(2)9-17-14(18(27)10-22)8-15(19(28)25-17)20(29)26-21-24-11-13(30-21)7-12-5-3-4-6-16(12)23/h3-6,8,11H,7,9-10H2,1-2H3,(H,25,28)(H,24,26,29). The molecule has 1 aliphatic carbocycles. The van der Waals surface area contributed by atoms with Crippen LogP contribution in [0.15, 0.2) is 41.3 Å². The summed E-state index contributed by atoms with van der Waals surface area (Å²) in [5.74, 6) is -0.654. The minimum atomic E-state index is -0.588. The number of amides is 1. The van der Waals surface area contributed by atoms with E-state index in [0.717, 1.165) is 10.4 Å². The number of H-pyrrole nitrogens is 1. The summed E-state index contributed by atoms with van der Waals surface area (Å²) in [5, 5.41) is 3.71. The van der Waals surface area contributed by atoms with E-state index in [1.54, 1.807) is 6.20 Å². The molecule has 0 unspecified atom stereocenters. The smallest absolute Gasteiger partial charge is 0.263 e. The average molecular weight is 442 g/mol. The summed E-state index contributed by atoms with van der Waals surface area (Å²) < 4.78 is 0. The highest BCUT2D eigenvalue weighted by Gasteiger charge is 2.32. The zero-order valence-corrected chi connectivity index (χ0v) is 18.1. The second-order valence-corrected chi connectivity index (χ2v) is 9.72. The fourth-order valence-electron chi connectivity index (χ4n) is 3.64. The number of ketones is 1. The van der Waals surface area contributed by atoms with Crippen LogP contribution in [0, 0.1) is 5.41 Å². The maximum atomic E-state index is 12.7. The normalized spacial score (nSPS) is 15.0. The lowest BCUT2D eigenvalue weighted by Gasteiger charge is -2.29. The molecule has 0 bridgehead atoms. The van der Waals surface area contributed by atoms with E-state index in [9.17, 15) is 14.4 Å². The molecule has 30 heavy (non-hydrogen) atoms. The Morgan fingerprint density at radius 2 is 2.03 bits per heavy atom. The summed E-state index contributed by atoms with van der Waals surface area (Å²) in [5.41, 5.74) is 1.16. The minimum absolute atomic E-state index is 0.0668. The first-order valence-electron chi connectivity index (χ1n) is 9.51. The molecule has 3 aromatic rings. The number of anilines is 1. The molecule has 0 fully saturated rings. The molecule has 154 valence electrons. The summed E-state index contributed by atoms with van der Waals surface area (Å²) in [6, 6.07) is 8.94. The van der Waals surface area contributed by atoms with Crippen LogP contribution >= 0.6 is 22.9 Å². The van der Waals surface area contributed by atoms with E-state index < -0.39 is 11.5 Å². The SMILES string of the molecule is CC1(C)CC(=O)c2cc(C(=O)Nc3ncc(Cc4ccccc4Cl)s3)c(=O)[nH]c2C1. The van der Waals surface area contributed by atoms with Gasteiger partial charge < -0.3 is 4.98 Å². The fraction of sp³-hybridized carbons (Fsp3) is 0.273. The van der Waals surface area contributed by atoms with Gasteiger partial charge in [0, 0.05) is 40.2 Å². The fourth-order valence-corrected chi connectivity index (χ4v) is 4.67. The van der Waals surface area contributed by atoms with Crippen LogP contribution in [0.2, 0.25) is 5.02 Å². The van der Waals surface area contributed by atoms with Gasteiger partial charge >= 0.3 is 0 Å². The number of pyridine rings is 1. The van der Waals surface area contributed by atoms with Gasteiger partial charge in [0.2, 0.25) is 0 Å². The Balaban J connectivity index is 1.53. The summed E-state index contributed by atoms with van der Waals surface area (Å²) in [6.45, 7) is 3.96. The van der Waals surface area contributed by atoms with Crippen molar-refractivity contribution in [1.82, 2.24) is 9.97 Å². The van der Waals surface area contributed by atoms with Crippen LogP contribution in [0.3, 0.4) is 0 Å². The monoisotopic (exact) mass is 441 g/mol. The van der Waals surface area contributed by atoms with Gasteiger partial charge in [-0.1, -0.05) is 43.6 Å². The molecule has 6 nitrogen and oxygen atoms in total. The van der Waals surface area contributed by atoms with Crippen molar-refractivity contribution in [3.8, 4) is 0 Å². The van der Waals surface area contributed by atoms with Crippen molar-refractivity contribution in [2.24, 2.45) is 5.41 Å². The molecule has 0 radical (unpaired) electrons. The van der Waals surface area contributed by atoms with Gasteiger partial charge in [0.15, 0.2) is 10.9 Å². The molecule has 2 N–H and O–H groups in total. The molecule has 0 saturated carbocycles. The lowest BCUT2D eigenvalue weighted by Crippen LogP contribution is -2.32. The van der Waals surface area contributed by atoms with E-state index >= 15 is 0 Å². The van der Waals surface area contributed by atoms with Crippen molar-refractivity contribution in [3.05, 3.63) is 79.2 Å². The highest BCUT2D eigenvalue weighted by atomic mass is 35.5. The van der Waals surface area contributed by atoms with E-state index in [1.807, 2.05) is 38.1 Å². The van der Waals surface area contributed by atoms with Gasteiger partial charge in [0.05, 0.1) is 0 Å². The molecule has 0 aliphatic heterocycles. The van der Waals surface area contributed by atoms with Crippen molar-refractivity contribution < 1.29 is 9.59 Å². The first kappa shape index (κ1) is 20.5. The van der Waals surface area contributed by atoms with Gasteiger partial charge in [-0.05, 0) is 29.5 Å². The maximum absolute atomic E-state index is 12.7. The Kier molecular flexibility index (Phi) is 5.34. The second kappa shape index (κ2) is 7.81. The predicted octanol–water partition coefficient (Wildman–Crippen LogP) is 4.48. The highest BCUT2D eigenvalue weighted by Crippen LogP contribution is 2.33. The molecule has 8 heteroatoms. The largest absolute Gasteiger partial charge is 0.325 e. The van der Waals surface area contributed by atoms with Crippen LogP contribution in [0.1, 0.15) is 57.1 Å². The number of thiazole rings is 1. The molecular formula is C22H20ClN3O3S. The number of benzene rings is 1. The predicted molar refractivity (Wildman–Crippen MR) is 118 cm³/mol. The lowest BCUT2D eigenvalue weighted by atomic mass is 9.75. The topological polar surface area (TPSA) is 91.9 Å². The summed E-state index contributed by atoms with van der Waals surface area (Å²) >= 11 is 7.51. The van der Waals surface area contributed by atoms with Crippen LogP contribution < -0.4 is 10.9 Å². The van der Waals surface area contributed by atoms with Crippen molar-refractivity contribution in [2.75, 3.05) is 5.32 Å². The van der Waals surface area contributed by atoms with E-state index in [2.05, 4.69) is 15.3 Å². The Bertz CT molecular complexity index is 1210. The molecule has 1 amide bonds. The van der Waals surface area contributed by atoms with Crippen LogP contribution in [0.25, 0.3) is 0 Å². The third-order valence-electron chi connectivity index (χ3n) is 5.06. The van der Waals surface area contributed by atoms with Gasteiger partial charge in [-0.25, -0.2) is 4.98 Å². The number of nitrogens with zero attached hydrogens (tertiary/aromatic N) is 1. The van der Waals surface area contributed by atoms with E-state index in [4.69, 9.17) is 11.6 Å². The van der Waals surface area contributed by atoms with Crippen LogP contribution in [0.5, 0.6) is 0 Å². The molecular weight excluding hydrogens is 422 g/mol. The third-order valence-corrected chi connectivity index (χ3v) is 6.34. The number of fused-ring (bicyclic) bond motifs is 1. The summed E-state index contributed by atoms with van der Waals surface area (Å²) in [4.78, 5) is 45.5. The first-order chi connectivity index (χ1) is 14.2. The van der Waals surface area contributed by atoms with Crippen molar-refractivity contribution in [2.45, 2.75) is 33.1 Å². The van der Waals surface area contributed by atoms with Crippen molar-refractivity contribution in [1.29, 1.82) is 0 Å².